The Morgan fingerprint density at radius 1 is 1.27 bits per heavy atom. The minimum absolute atomic E-state index is 0.0820. The number of hydrogen-bond donors (Lipinski definition) is 4. The Morgan fingerprint density at radius 2 is 2.07 bits per heavy atom. The Bertz CT molecular complexity index is 1010. The van der Waals surface area contributed by atoms with Crippen molar-refractivity contribution in [2.45, 2.75) is 30.9 Å². The summed E-state index contributed by atoms with van der Waals surface area (Å²) in [5.41, 5.74) is 6.55. The fourth-order valence-corrected chi connectivity index (χ4v) is 3.40. The number of imidazole rings is 1. The van der Waals surface area contributed by atoms with Crippen molar-refractivity contribution in [3.63, 3.8) is 0 Å². The summed E-state index contributed by atoms with van der Waals surface area (Å²) in [4.78, 5) is 24.5. The van der Waals surface area contributed by atoms with E-state index >= 15 is 0 Å². The van der Waals surface area contributed by atoms with Gasteiger partial charge in [0.15, 0.2) is 17.7 Å². The van der Waals surface area contributed by atoms with Crippen LogP contribution in [0, 0.1) is 0 Å². The predicted octanol–water partition coefficient (Wildman–Crippen LogP) is -0.387. The summed E-state index contributed by atoms with van der Waals surface area (Å²) in [6.45, 7) is -0.210. The summed E-state index contributed by atoms with van der Waals surface area (Å²) >= 11 is 0. The van der Waals surface area contributed by atoms with E-state index < -0.39 is 24.5 Å². The third-order valence-corrected chi connectivity index (χ3v) is 4.88. The van der Waals surface area contributed by atoms with Crippen LogP contribution < -0.4 is 15.8 Å². The van der Waals surface area contributed by atoms with Gasteiger partial charge in [-0.2, -0.15) is 0 Å². The second kappa shape index (κ2) is 8.61. The van der Waals surface area contributed by atoms with Crippen LogP contribution in [0.2, 0.25) is 0 Å². The molecule has 4 rings (SSSR count). The Kier molecular flexibility index (Phi) is 5.74. The maximum absolute atomic E-state index is 12.4. The first-order valence-electron chi connectivity index (χ1n) is 9.43. The largest absolute Gasteiger partial charge is 0.493 e. The number of carbonyl (C=O) groups excluding carboxylic acids is 1. The average molecular weight is 414 g/mol. The number of aromatic nitrogens is 4. The number of aliphatic hydroxyl groups is 2. The number of hydrogen-bond acceptors (Lipinski definition) is 9. The van der Waals surface area contributed by atoms with Gasteiger partial charge in [0.05, 0.1) is 32.0 Å². The van der Waals surface area contributed by atoms with Crippen LogP contribution in [0.5, 0.6) is 5.75 Å². The van der Waals surface area contributed by atoms with Crippen molar-refractivity contribution in [1.29, 1.82) is 0 Å². The van der Waals surface area contributed by atoms with Crippen LogP contribution in [0.4, 0.5) is 5.82 Å². The van der Waals surface area contributed by atoms with Gasteiger partial charge in [-0.15, -0.1) is 0 Å². The quantitative estimate of drug-likeness (QED) is 0.404. The molecule has 0 spiro atoms. The van der Waals surface area contributed by atoms with E-state index in [1.165, 1.54) is 17.2 Å². The highest BCUT2D eigenvalue weighted by Gasteiger charge is 2.45. The minimum Gasteiger partial charge on any atom is -0.493 e. The molecule has 1 aliphatic rings. The number of para-hydroxylation sites is 1. The molecule has 1 amide bonds. The van der Waals surface area contributed by atoms with E-state index in [9.17, 15) is 15.0 Å². The maximum Gasteiger partial charge on any atom is 0.223 e. The molecule has 1 fully saturated rings. The van der Waals surface area contributed by atoms with Crippen LogP contribution in [0.15, 0.2) is 43.0 Å². The Labute approximate surface area is 171 Å². The fourth-order valence-electron chi connectivity index (χ4n) is 3.40. The third-order valence-electron chi connectivity index (χ3n) is 4.88. The normalized spacial score (nSPS) is 23.5. The maximum atomic E-state index is 12.4. The molecule has 3 heterocycles. The lowest BCUT2D eigenvalue weighted by atomic mass is 10.1. The van der Waals surface area contributed by atoms with E-state index in [4.69, 9.17) is 15.2 Å². The molecule has 0 bridgehead atoms. The zero-order valence-electron chi connectivity index (χ0n) is 16.0. The standard InChI is InChI=1S/C19H22N6O5/c20-17-15-18(22-9-21-17)25(10-23-15)19-16(28)14(12(8-26)30-19)24-13(27)6-7-29-11-4-2-1-3-5-11/h1-5,9-10,12,14,16,19,26,28H,6-8H2,(H,24,27)(H2,20,21,22)/t12-,14+,16-,19-/m1/s1. The number of amides is 1. The van der Waals surface area contributed by atoms with Crippen molar-refractivity contribution >= 4 is 22.9 Å². The number of nitrogen functional groups attached to an aromatic ring is 1. The molecule has 0 saturated carbocycles. The van der Waals surface area contributed by atoms with Gasteiger partial charge in [0.2, 0.25) is 5.91 Å². The molecule has 11 nitrogen and oxygen atoms in total. The number of nitrogens with zero attached hydrogens (tertiary/aromatic N) is 4. The summed E-state index contributed by atoms with van der Waals surface area (Å²) in [7, 11) is 0. The topological polar surface area (TPSA) is 158 Å². The molecule has 11 heteroatoms. The lowest BCUT2D eigenvalue weighted by Crippen LogP contribution is -2.48. The lowest BCUT2D eigenvalue weighted by molar-refractivity contribution is -0.123. The van der Waals surface area contributed by atoms with Crippen LogP contribution in [-0.4, -0.2) is 67.1 Å². The summed E-state index contributed by atoms with van der Waals surface area (Å²) in [5.74, 6) is 0.532. The van der Waals surface area contributed by atoms with Gasteiger partial charge in [0.25, 0.3) is 0 Å². The molecule has 0 unspecified atom stereocenters. The second-order valence-corrected chi connectivity index (χ2v) is 6.83. The van der Waals surface area contributed by atoms with Gasteiger partial charge in [-0.25, -0.2) is 15.0 Å². The number of benzene rings is 1. The summed E-state index contributed by atoms with van der Waals surface area (Å²) in [6.07, 6.45) is -0.0657. The third kappa shape index (κ3) is 3.90. The number of anilines is 1. The van der Waals surface area contributed by atoms with E-state index in [0.717, 1.165) is 0 Å². The predicted molar refractivity (Wildman–Crippen MR) is 105 cm³/mol. The SMILES string of the molecule is Nc1ncnc2c1ncn2[C@@H]1O[C@H](CO)[C@H](NC(=O)CCOc2ccccc2)[C@H]1O. The van der Waals surface area contributed by atoms with Crippen LogP contribution in [0.3, 0.4) is 0 Å². The molecule has 4 atom stereocenters. The molecule has 5 N–H and O–H groups in total. The molecule has 158 valence electrons. The number of rotatable bonds is 7. The van der Waals surface area contributed by atoms with Gasteiger partial charge in [-0.1, -0.05) is 18.2 Å². The van der Waals surface area contributed by atoms with Gasteiger partial charge in [0, 0.05) is 0 Å². The minimum atomic E-state index is -1.14. The molecule has 30 heavy (non-hydrogen) atoms. The van der Waals surface area contributed by atoms with Crippen LogP contribution in [-0.2, 0) is 9.53 Å². The van der Waals surface area contributed by atoms with E-state index in [2.05, 4.69) is 20.3 Å². The Morgan fingerprint density at radius 3 is 2.83 bits per heavy atom. The smallest absolute Gasteiger partial charge is 0.223 e. The van der Waals surface area contributed by atoms with Crippen LogP contribution >= 0.6 is 0 Å². The lowest BCUT2D eigenvalue weighted by Gasteiger charge is -2.21. The molecule has 1 aliphatic heterocycles. The van der Waals surface area contributed by atoms with Crippen molar-refractivity contribution in [1.82, 2.24) is 24.8 Å². The summed E-state index contributed by atoms with van der Waals surface area (Å²) in [6, 6.07) is 8.32. The molecule has 0 radical (unpaired) electrons. The van der Waals surface area contributed by atoms with Gasteiger partial charge in [-0.05, 0) is 12.1 Å². The molecular formula is C19H22N6O5. The molecule has 2 aromatic heterocycles. The molecule has 1 saturated heterocycles. The first-order chi connectivity index (χ1) is 14.6. The zero-order chi connectivity index (χ0) is 21.1. The Hall–Kier alpha value is -3.28. The zero-order valence-corrected chi connectivity index (χ0v) is 16.0. The first-order valence-corrected chi connectivity index (χ1v) is 9.43. The van der Waals surface area contributed by atoms with Gasteiger partial charge < -0.3 is 30.7 Å². The van der Waals surface area contributed by atoms with Crippen molar-refractivity contribution in [2.75, 3.05) is 18.9 Å². The highest BCUT2D eigenvalue weighted by molar-refractivity contribution is 5.81. The van der Waals surface area contributed by atoms with Crippen LogP contribution in [0.1, 0.15) is 12.6 Å². The number of ether oxygens (including phenoxy) is 2. The van der Waals surface area contributed by atoms with Gasteiger partial charge in [-0.3, -0.25) is 9.36 Å². The van der Waals surface area contributed by atoms with Crippen LogP contribution in [0.25, 0.3) is 11.2 Å². The van der Waals surface area contributed by atoms with Gasteiger partial charge >= 0.3 is 0 Å². The summed E-state index contributed by atoms with van der Waals surface area (Å²) in [5, 5.41) is 23.2. The number of carbonyl (C=O) groups is 1. The van der Waals surface area contributed by atoms with Crippen molar-refractivity contribution in [3.8, 4) is 5.75 Å². The first kappa shape index (κ1) is 20.0. The highest BCUT2D eigenvalue weighted by Crippen LogP contribution is 2.31. The van der Waals surface area contributed by atoms with Crippen molar-refractivity contribution in [3.05, 3.63) is 43.0 Å². The fraction of sp³-hybridized carbons (Fsp3) is 0.368. The van der Waals surface area contributed by atoms with E-state index in [-0.39, 0.29) is 31.4 Å². The number of aliphatic hydroxyl groups excluding tert-OH is 2. The Balaban J connectivity index is 1.42. The van der Waals surface area contributed by atoms with Gasteiger partial charge in [0.1, 0.15) is 29.8 Å². The average Bonchev–Trinajstić information content (AvgIpc) is 3.31. The number of nitrogens with two attached hydrogens (primary N) is 1. The monoisotopic (exact) mass is 414 g/mol. The van der Waals surface area contributed by atoms with Crippen molar-refractivity contribution in [2.24, 2.45) is 0 Å². The second-order valence-electron chi connectivity index (χ2n) is 6.83. The van der Waals surface area contributed by atoms with E-state index in [1.807, 2.05) is 18.2 Å². The molecular weight excluding hydrogens is 392 g/mol. The summed E-state index contributed by atoms with van der Waals surface area (Å²) < 4.78 is 12.8. The molecule has 0 aliphatic carbocycles. The van der Waals surface area contributed by atoms with Crippen molar-refractivity contribution < 1.29 is 24.5 Å². The number of nitrogens with one attached hydrogen (secondary N) is 1. The van der Waals surface area contributed by atoms with E-state index in [0.29, 0.717) is 16.9 Å². The highest BCUT2D eigenvalue weighted by atomic mass is 16.5. The molecule has 3 aromatic rings. The number of fused-ring (bicyclic) bond motifs is 1. The molecule has 1 aromatic carbocycles. The van der Waals surface area contributed by atoms with E-state index in [1.54, 1.807) is 12.1 Å².